The van der Waals surface area contributed by atoms with Crippen molar-refractivity contribution in [2.24, 2.45) is 0 Å². The Kier molecular flexibility index (Phi) is 3.98. The van der Waals surface area contributed by atoms with Crippen LogP contribution in [-0.4, -0.2) is 14.7 Å². The number of rotatable bonds is 4. The van der Waals surface area contributed by atoms with Gasteiger partial charge in [0.2, 0.25) is 0 Å². The largest absolute Gasteiger partial charge is 0.383 e. The van der Waals surface area contributed by atoms with E-state index in [2.05, 4.69) is 9.59 Å². The molecule has 0 aliphatic rings. The third kappa shape index (κ3) is 2.54. The number of nitrogens with zero attached hydrogens (tertiary/aromatic N) is 2. The second kappa shape index (κ2) is 5.49. The molecule has 2 rings (SSSR count). The summed E-state index contributed by atoms with van der Waals surface area (Å²) in [4.78, 5) is 0.473. The number of aliphatic hydroxyl groups is 1. The summed E-state index contributed by atoms with van der Waals surface area (Å²) in [6.45, 7) is 1.97. The summed E-state index contributed by atoms with van der Waals surface area (Å²) in [6, 6.07) is 3.01. The zero-order valence-electron chi connectivity index (χ0n) is 9.73. The molecule has 0 radical (unpaired) electrons. The molecule has 0 saturated carbocycles. The van der Waals surface area contributed by atoms with E-state index in [0.717, 1.165) is 36.2 Å². The fourth-order valence-electron chi connectivity index (χ4n) is 1.70. The van der Waals surface area contributed by atoms with E-state index in [0.29, 0.717) is 17.0 Å². The molecule has 1 aromatic heterocycles. The molecule has 0 aliphatic carbocycles. The SMILES string of the molecule is CCCc1nnsc1C(O)c1cc(F)ccc1F. The highest BCUT2D eigenvalue weighted by atomic mass is 32.1. The number of aliphatic hydroxyl groups excluding tert-OH is 1. The average Bonchev–Trinajstić information content (AvgIpc) is 2.80. The van der Waals surface area contributed by atoms with E-state index in [9.17, 15) is 13.9 Å². The Morgan fingerprint density at radius 1 is 1.39 bits per heavy atom. The van der Waals surface area contributed by atoms with E-state index in [1.165, 1.54) is 0 Å². The van der Waals surface area contributed by atoms with Gasteiger partial charge in [-0.1, -0.05) is 17.8 Å². The molecule has 3 nitrogen and oxygen atoms in total. The van der Waals surface area contributed by atoms with Crippen molar-refractivity contribution < 1.29 is 13.9 Å². The topological polar surface area (TPSA) is 46.0 Å². The van der Waals surface area contributed by atoms with Crippen molar-refractivity contribution in [3.05, 3.63) is 46.0 Å². The van der Waals surface area contributed by atoms with Gasteiger partial charge in [-0.05, 0) is 36.2 Å². The normalized spacial score (nSPS) is 12.7. The van der Waals surface area contributed by atoms with Gasteiger partial charge in [0.1, 0.15) is 17.7 Å². The first-order valence-corrected chi connectivity index (χ1v) is 6.35. The van der Waals surface area contributed by atoms with Crippen molar-refractivity contribution in [2.45, 2.75) is 25.9 Å². The highest BCUT2D eigenvalue weighted by molar-refractivity contribution is 7.05. The summed E-state index contributed by atoms with van der Waals surface area (Å²) in [5, 5.41) is 14.0. The molecule has 0 bridgehead atoms. The molecule has 6 heteroatoms. The molecule has 0 spiro atoms. The van der Waals surface area contributed by atoms with Gasteiger partial charge in [-0.25, -0.2) is 8.78 Å². The van der Waals surface area contributed by atoms with E-state index < -0.39 is 17.7 Å². The van der Waals surface area contributed by atoms with Gasteiger partial charge in [0.05, 0.1) is 10.6 Å². The number of hydrogen-bond donors (Lipinski definition) is 1. The lowest BCUT2D eigenvalue weighted by atomic mass is 10.0. The van der Waals surface area contributed by atoms with Gasteiger partial charge in [0.25, 0.3) is 0 Å². The summed E-state index contributed by atoms with van der Waals surface area (Å²) in [6.07, 6.45) is 0.276. The maximum atomic E-state index is 13.6. The van der Waals surface area contributed by atoms with Crippen LogP contribution in [0.4, 0.5) is 8.78 Å². The molecule has 0 fully saturated rings. The molecular formula is C12H12F2N2OS. The van der Waals surface area contributed by atoms with Gasteiger partial charge in [-0.2, -0.15) is 0 Å². The lowest BCUT2D eigenvalue weighted by Crippen LogP contribution is -2.04. The zero-order chi connectivity index (χ0) is 13.1. The van der Waals surface area contributed by atoms with Crippen LogP contribution in [0.15, 0.2) is 18.2 Å². The fourth-order valence-corrected chi connectivity index (χ4v) is 2.40. The van der Waals surface area contributed by atoms with Gasteiger partial charge >= 0.3 is 0 Å². The highest BCUT2D eigenvalue weighted by Gasteiger charge is 2.21. The quantitative estimate of drug-likeness (QED) is 0.929. The van der Waals surface area contributed by atoms with E-state index in [1.54, 1.807) is 0 Å². The van der Waals surface area contributed by atoms with Crippen molar-refractivity contribution in [2.75, 3.05) is 0 Å². The fraction of sp³-hybridized carbons (Fsp3) is 0.333. The second-order valence-electron chi connectivity index (χ2n) is 3.90. The van der Waals surface area contributed by atoms with Gasteiger partial charge in [-0.15, -0.1) is 5.10 Å². The highest BCUT2D eigenvalue weighted by Crippen LogP contribution is 2.29. The lowest BCUT2D eigenvalue weighted by molar-refractivity contribution is 0.216. The first-order chi connectivity index (χ1) is 8.63. The van der Waals surface area contributed by atoms with Gasteiger partial charge in [0.15, 0.2) is 0 Å². The van der Waals surface area contributed by atoms with E-state index in [1.807, 2.05) is 6.92 Å². The minimum Gasteiger partial charge on any atom is -0.383 e. The van der Waals surface area contributed by atoms with Crippen LogP contribution in [0.1, 0.15) is 35.6 Å². The third-order valence-electron chi connectivity index (χ3n) is 2.57. The molecule has 18 heavy (non-hydrogen) atoms. The molecule has 1 aromatic carbocycles. The molecule has 1 atom stereocenters. The molecule has 0 aliphatic heterocycles. The monoisotopic (exact) mass is 270 g/mol. The molecule has 2 aromatic rings. The van der Waals surface area contributed by atoms with Gasteiger partial charge < -0.3 is 5.11 Å². The summed E-state index contributed by atoms with van der Waals surface area (Å²) < 4.78 is 30.4. The maximum Gasteiger partial charge on any atom is 0.129 e. The molecule has 1 unspecified atom stereocenters. The Bertz CT molecular complexity index is 545. The van der Waals surface area contributed by atoms with Crippen LogP contribution in [0.25, 0.3) is 0 Å². The van der Waals surface area contributed by atoms with Crippen molar-refractivity contribution in [1.29, 1.82) is 0 Å². The number of aryl methyl sites for hydroxylation is 1. The van der Waals surface area contributed by atoms with E-state index in [-0.39, 0.29) is 5.56 Å². The van der Waals surface area contributed by atoms with Gasteiger partial charge in [0, 0.05) is 5.56 Å². The molecule has 0 saturated heterocycles. The summed E-state index contributed by atoms with van der Waals surface area (Å²) >= 11 is 1.01. The first kappa shape index (κ1) is 13.0. The summed E-state index contributed by atoms with van der Waals surface area (Å²) in [7, 11) is 0. The van der Waals surface area contributed by atoms with Crippen LogP contribution in [0.3, 0.4) is 0 Å². The van der Waals surface area contributed by atoms with Crippen LogP contribution in [0, 0.1) is 11.6 Å². The maximum absolute atomic E-state index is 13.6. The van der Waals surface area contributed by atoms with Crippen LogP contribution < -0.4 is 0 Å². The van der Waals surface area contributed by atoms with E-state index >= 15 is 0 Å². The Hall–Kier alpha value is -1.40. The van der Waals surface area contributed by atoms with Crippen LogP contribution in [0.5, 0.6) is 0 Å². The molecule has 1 heterocycles. The Morgan fingerprint density at radius 2 is 2.17 bits per heavy atom. The molecule has 0 amide bonds. The Balaban J connectivity index is 2.38. The molecule has 1 N–H and O–H groups in total. The number of hydrogen-bond acceptors (Lipinski definition) is 4. The predicted octanol–water partition coefficient (Wildman–Crippen LogP) is 2.85. The summed E-state index contributed by atoms with van der Waals surface area (Å²) in [5.41, 5.74) is 0.553. The van der Waals surface area contributed by atoms with Gasteiger partial charge in [-0.3, -0.25) is 0 Å². The Morgan fingerprint density at radius 3 is 2.89 bits per heavy atom. The first-order valence-electron chi connectivity index (χ1n) is 5.57. The standard InChI is InChI=1S/C12H12F2N2OS/c1-2-3-10-12(18-16-15-10)11(17)8-6-7(13)4-5-9(8)14/h4-6,11,17H,2-3H2,1H3. The molecule has 96 valence electrons. The van der Waals surface area contributed by atoms with Crippen molar-refractivity contribution >= 4 is 11.5 Å². The van der Waals surface area contributed by atoms with Crippen molar-refractivity contribution in [3.63, 3.8) is 0 Å². The second-order valence-corrected chi connectivity index (χ2v) is 4.69. The number of halogens is 2. The minimum atomic E-state index is -1.22. The Labute approximate surface area is 107 Å². The third-order valence-corrected chi connectivity index (χ3v) is 3.39. The van der Waals surface area contributed by atoms with E-state index in [4.69, 9.17) is 0 Å². The van der Waals surface area contributed by atoms with Crippen molar-refractivity contribution in [3.8, 4) is 0 Å². The smallest absolute Gasteiger partial charge is 0.129 e. The average molecular weight is 270 g/mol. The minimum absolute atomic E-state index is 0.0848. The van der Waals surface area contributed by atoms with Crippen LogP contribution >= 0.6 is 11.5 Å². The zero-order valence-corrected chi connectivity index (χ0v) is 10.5. The van der Waals surface area contributed by atoms with Crippen LogP contribution in [0.2, 0.25) is 0 Å². The van der Waals surface area contributed by atoms with Crippen molar-refractivity contribution in [1.82, 2.24) is 9.59 Å². The number of benzene rings is 1. The van der Waals surface area contributed by atoms with Crippen LogP contribution in [-0.2, 0) is 6.42 Å². The predicted molar refractivity (Wildman–Crippen MR) is 64.3 cm³/mol. The summed E-state index contributed by atoms with van der Waals surface area (Å²) in [5.74, 6) is -1.22. The lowest BCUT2D eigenvalue weighted by Gasteiger charge is -2.11. The number of aromatic nitrogens is 2. The molecular weight excluding hydrogens is 258 g/mol.